The molecule has 4 heteroatoms. The summed E-state index contributed by atoms with van der Waals surface area (Å²) in [6, 6.07) is 10.0. The van der Waals surface area contributed by atoms with E-state index in [9.17, 15) is 0 Å². The number of rotatable bonds is 4. The molecule has 0 fully saturated rings. The summed E-state index contributed by atoms with van der Waals surface area (Å²) in [4.78, 5) is 1.18. The van der Waals surface area contributed by atoms with Crippen LogP contribution in [0.25, 0.3) is 0 Å². The quantitative estimate of drug-likeness (QED) is 0.713. The maximum Gasteiger partial charge on any atom is 0.119 e. The summed E-state index contributed by atoms with van der Waals surface area (Å²) in [5, 5.41) is 2.04. The van der Waals surface area contributed by atoms with Gasteiger partial charge in [0.25, 0.3) is 0 Å². The zero-order valence-corrected chi connectivity index (χ0v) is 12.5. The first-order valence-electron chi connectivity index (χ1n) is 5.20. The molecule has 2 rings (SSSR count). The zero-order valence-electron chi connectivity index (χ0n) is 9.32. The van der Waals surface area contributed by atoms with Gasteiger partial charge in [-0.2, -0.15) is 0 Å². The third-order valence-corrected chi connectivity index (χ3v) is 4.96. The topological polar surface area (TPSA) is 9.23 Å². The van der Waals surface area contributed by atoms with Gasteiger partial charge >= 0.3 is 0 Å². The monoisotopic (exact) mass is 330 g/mol. The Labute approximate surface area is 119 Å². The summed E-state index contributed by atoms with van der Waals surface area (Å²) < 4.78 is 6.29. The van der Waals surface area contributed by atoms with Gasteiger partial charge in [0.1, 0.15) is 5.75 Å². The van der Waals surface area contributed by atoms with E-state index in [2.05, 4.69) is 22.0 Å². The van der Waals surface area contributed by atoms with Crippen LogP contribution in [0.5, 0.6) is 5.75 Å². The largest absolute Gasteiger partial charge is 0.497 e. The lowest BCUT2D eigenvalue weighted by molar-refractivity contribution is 0.414. The van der Waals surface area contributed by atoms with E-state index in [4.69, 9.17) is 16.3 Å². The first-order valence-corrected chi connectivity index (χ1v) is 7.31. The van der Waals surface area contributed by atoms with E-state index in [0.29, 0.717) is 0 Å². The van der Waals surface area contributed by atoms with Crippen molar-refractivity contribution in [1.82, 2.24) is 0 Å². The third-order valence-electron chi connectivity index (χ3n) is 2.48. The molecule has 0 aliphatic rings. The molecule has 0 N–H and O–H groups in total. The molecular weight excluding hydrogens is 320 g/mol. The average Bonchev–Trinajstić information content (AvgIpc) is 2.76. The van der Waals surface area contributed by atoms with Gasteiger partial charge in [-0.05, 0) is 51.5 Å². The highest BCUT2D eigenvalue weighted by Gasteiger charge is 2.13. The molecule has 0 radical (unpaired) electrons. The van der Waals surface area contributed by atoms with Crippen LogP contribution in [0.15, 0.2) is 40.2 Å². The van der Waals surface area contributed by atoms with Crippen molar-refractivity contribution in [2.24, 2.45) is 0 Å². The number of alkyl halides is 1. The second-order valence-electron chi connectivity index (χ2n) is 3.66. The molecule has 1 aromatic heterocycles. The van der Waals surface area contributed by atoms with Crippen molar-refractivity contribution in [3.05, 3.63) is 50.6 Å². The molecule has 0 amide bonds. The van der Waals surface area contributed by atoms with Gasteiger partial charge in [0.15, 0.2) is 0 Å². The Bertz CT molecular complexity index is 498. The van der Waals surface area contributed by atoms with Gasteiger partial charge in [-0.25, -0.2) is 0 Å². The Kier molecular flexibility index (Phi) is 4.48. The Morgan fingerprint density at radius 3 is 2.88 bits per heavy atom. The van der Waals surface area contributed by atoms with Crippen molar-refractivity contribution in [3.63, 3.8) is 0 Å². The van der Waals surface area contributed by atoms with Crippen LogP contribution in [0.1, 0.15) is 15.8 Å². The fourth-order valence-electron chi connectivity index (χ4n) is 1.63. The van der Waals surface area contributed by atoms with Crippen molar-refractivity contribution in [3.8, 4) is 5.75 Å². The molecule has 0 aliphatic carbocycles. The van der Waals surface area contributed by atoms with Crippen molar-refractivity contribution < 1.29 is 4.74 Å². The van der Waals surface area contributed by atoms with Crippen LogP contribution in [0.3, 0.4) is 0 Å². The highest BCUT2D eigenvalue weighted by molar-refractivity contribution is 9.10. The zero-order chi connectivity index (χ0) is 12.3. The van der Waals surface area contributed by atoms with Gasteiger partial charge < -0.3 is 4.74 Å². The van der Waals surface area contributed by atoms with E-state index in [1.165, 1.54) is 10.4 Å². The van der Waals surface area contributed by atoms with E-state index in [1.54, 1.807) is 18.4 Å². The Morgan fingerprint density at radius 1 is 1.41 bits per heavy atom. The van der Waals surface area contributed by atoms with E-state index in [-0.39, 0.29) is 5.38 Å². The van der Waals surface area contributed by atoms with E-state index >= 15 is 0 Å². The lowest BCUT2D eigenvalue weighted by atomic mass is 10.1. The molecule has 1 atom stereocenters. The maximum absolute atomic E-state index is 6.42. The van der Waals surface area contributed by atoms with Crippen LogP contribution in [0.2, 0.25) is 0 Å². The van der Waals surface area contributed by atoms with Crippen LogP contribution >= 0.6 is 38.9 Å². The SMILES string of the molecule is COc1cccc(CC(Cl)c2sccc2Br)c1. The number of methoxy groups -OCH3 is 1. The standard InChI is InChI=1S/C13H12BrClOS/c1-16-10-4-2-3-9(7-10)8-12(15)13-11(14)5-6-17-13/h2-7,12H,8H2,1H3. The lowest BCUT2D eigenvalue weighted by Crippen LogP contribution is -1.95. The van der Waals surface area contributed by atoms with Gasteiger partial charge in [0.2, 0.25) is 0 Å². The van der Waals surface area contributed by atoms with Crippen LogP contribution in [0, 0.1) is 0 Å². The summed E-state index contributed by atoms with van der Waals surface area (Å²) in [5.41, 5.74) is 1.18. The fourth-order valence-corrected chi connectivity index (χ4v) is 3.84. The molecule has 1 aromatic carbocycles. The predicted octanol–water partition coefficient (Wildman–Crippen LogP) is 5.04. The second kappa shape index (κ2) is 5.89. The van der Waals surface area contributed by atoms with Crippen LogP contribution in [-0.2, 0) is 6.42 Å². The molecule has 90 valence electrons. The molecule has 1 nitrogen and oxygen atoms in total. The lowest BCUT2D eigenvalue weighted by Gasteiger charge is -2.09. The molecule has 1 heterocycles. The summed E-state index contributed by atoms with van der Waals surface area (Å²) >= 11 is 11.6. The van der Waals surface area contributed by atoms with E-state index in [1.807, 2.05) is 29.6 Å². The van der Waals surface area contributed by atoms with Gasteiger partial charge in [-0.3, -0.25) is 0 Å². The molecule has 2 aromatic rings. The number of ether oxygens (including phenoxy) is 1. The maximum atomic E-state index is 6.42. The highest BCUT2D eigenvalue weighted by Crippen LogP contribution is 2.35. The third kappa shape index (κ3) is 3.24. The molecule has 0 aliphatic heterocycles. The van der Waals surface area contributed by atoms with Gasteiger partial charge in [-0.15, -0.1) is 22.9 Å². The van der Waals surface area contributed by atoms with Crippen LogP contribution in [0.4, 0.5) is 0 Å². The first-order chi connectivity index (χ1) is 8.20. The van der Waals surface area contributed by atoms with Crippen LogP contribution < -0.4 is 4.74 Å². The molecule has 0 bridgehead atoms. The van der Waals surface area contributed by atoms with E-state index in [0.717, 1.165) is 16.6 Å². The van der Waals surface area contributed by atoms with Gasteiger partial charge in [0, 0.05) is 9.35 Å². The van der Waals surface area contributed by atoms with Crippen molar-refractivity contribution >= 4 is 38.9 Å². The minimum Gasteiger partial charge on any atom is -0.497 e. The molecule has 0 saturated heterocycles. The number of hydrogen-bond donors (Lipinski definition) is 0. The van der Waals surface area contributed by atoms with Gasteiger partial charge in [-0.1, -0.05) is 12.1 Å². The van der Waals surface area contributed by atoms with Crippen molar-refractivity contribution in [2.45, 2.75) is 11.8 Å². The normalized spacial score (nSPS) is 12.4. The molecule has 17 heavy (non-hydrogen) atoms. The summed E-state index contributed by atoms with van der Waals surface area (Å²) in [6.07, 6.45) is 0.803. The minimum atomic E-state index is -0.00326. The first kappa shape index (κ1) is 12.9. The summed E-state index contributed by atoms with van der Waals surface area (Å²) in [7, 11) is 1.67. The second-order valence-corrected chi connectivity index (χ2v) is 5.98. The number of halogens is 2. The van der Waals surface area contributed by atoms with Crippen molar-refractivity contribution in [2.75, 3.05) is 7.11 Å². The molecule has 0 spiro atoms. The number of hydrogen-bond acceptors (Lipinski definition) is 2. The number of thiophene rings is 1. The summed E-state index contributed by atoms with van der Waals surface area (Å²) in [5.74, 6) is 0.872. The van der Waals surface area contributed by atoms with Gasteiger partial charge in [0.05, 0.1) is 12.5 Å². The van der Waals surface area contributed by atoms with E-state index < -0.39 is 0 Å². The minimum absolute atomic E-state index is 0.00326. The number of benzene rings is 1. The van der Waals surface area contributed by atoms with Crippen molar-refractivity contribution in [1.29, 1.82) is 0 Å². The average molecular weight is 332 g/mol. The Hall–Kier alpha value is -0.510. The fraction of sp³-hybridized carbons (Fsp3) is 0.231. The molecule has 1 unspecified atom stereocenters. The highest BCUT2D eigenvalue weighted by atomic mass is 79.9. The predicted molar refractivity (Wildman–Crippen MR) is 77.3 cm³/mol. The summed E-state index contributed by atoms with van der Waals surface area (Å²) in [6.45, 7) is 0. The smallest absolute Gasteiger partial charge is 0.119 e. The molecule has 0 saturated carbocycles. The molecular formula is C13H12BrClOS. The Balaban J connectivity index is 2.13. The van der Waals surface area contributed by atoms with Crippen LogP contribution in [-0.4, -0.2) is 7.11 Å². The Morgan fingerprint density at radius 2 is 2.24 bits per heavy atom.